The van der Waals surface area contributed by atoms with Crippen LogP contribution in [0, 0.1) is 5.92 Å². The number of aryl methyl sites for hydroxylation is 2. The number of aliphatic hydroxyl groups excluding tert-OH is 1. The van der Waals surface area contributed by atoms with Crippen LogP contribution < -0.4 is 0 Å². The lowest BCUT2D eigenvalue weighted by Gasteiger charge is -2.23. The van der Waals surface area contributed by atoms with E-state index in [0.717, 1.165) is 28.7 Å². The molecule has 3 nitrogen and oxygen atoms in total. The maximum atomic E-state index is 10.3. The van der Waals surface area contributed by atoms with Crippen molar-refractivity contribution in [3.05, 3.63) is 15.9 Å². The fraction of sp³-hybridized carbons (Fsp3) is 0.786. The minimum Gasteiger partial charge on any atom is -0.393 e. The minimum absolute atomic E-state index is 0.246. The Bertz CT molecular complexity index is 416. The van der Waals surface area contributed by atoms with Gasteiger partial charge in [-0.1, -0.05) is 6.92 Å². The molecule has 1 N–H and O–H groups in total. The first kappa shape index (κ1) is 15.4. The molecular weight excluding hydrogens is 324 g/mol. The zero-order valence-corrected chi connectivity index (χ0v) is 14.1. The zero-order valence-electron chi connectivity index (χ0n) is 11.7. The van der Waals surface area contributed by atoms with E-state index in [2.05, 4.69) is 28.0 Å². The molecule has 5 heteroatoms. The van der Waals surface area contributed by atoms with Gasteiger partial charge in [0.25, 0.3) is 0 Å². The maximum Gasteiger partial charge on any atom is 0.0766 e. The second-order valence-electron chi connectivity index (χ2n) is 5.33. The quantitative estimate of drug-likeness (QED) is 0.889. The summed E-state index contributed by atoms with van der Waals surface area (Å²) in [4.78, 5) is 0. The molecule has 0 aliphatic carbocycles. The maximum absolute atomic E-state index is 10.3. The normalized spacial score (nSPS) is 18.7. The molecule has 0 radical (unpaired) electrons. The Kier molecular flexibility index (Phi) is 5.78. The van der Waals surface area contributed by atoms with Gasteiger partial charge in [0.05, 0.1) is 22.0 Å². The van der Waals surface area contributed by atoms with Crippen LogP contribution >= 0.6 is 27.7 Å². The fourth-order valence-corrected chi connectivity index (χ4v) is 4.70. The van der Waals surface area contributed by atoms with E-state index < -0.39 is 0 Å². The van der Waals surface area contributed by atoms with Crippen LogP contribution in [0.3, 0.4) is 0 Å². The van der Waals surface area contributed by atoms with Crippen LogP contribution in [0.4, 0.5) is 0 Å². The number of rotatable bonds is 5. The molecule has 2 rings (SSSR count). The van der Waals surface area contributed by atoms with Crippen molar-refractivity contribution in [2.75, 3.05) is 11.5 Å². The fourth-order valence-electron chi connectivity index (χ4n) is 2.71. The van der Waals surface area contributed by atoms with E-state index in [-0.39, 0.29) is 6.10 Å². The smallest absolute Gasteiger partial charge is 0.0766 e. The Morgan fingerprint density at radius 1 is 1.47 bits per heavy atom. The topological polar surface area (TPSA) is 38.0 Å². The summed E-state index contributed by atoms with van der Waals surface area (Å²) in [5, 5.41) is 14.8. The van der Waals surface area contributed by atoms with Crippen molar-refractivity contribution in [2.24, 2.45) is 13.0 Å². The molecule has 1 unspecified atom stereocenters. The summed E-state index contributed by atoms with van der Waals surface area (Å²) in [7, 11) is 1.96. The molecule has 0 bridgehead atoms. The molecule has 1 aliphatic rings. The van der Waals surface area contributed by atoms with E-state index in [1.54, 1.807) is 0 Å². The van der Waals surface area contributed by atoms with Crippen LogP contribution in [0.1, 0.15) is 37.6 Å². The number of thioether (sulfide) groups is 1. The summed E-state index contributed by atoms with van der Waals surface area (Å²) in [5.41, 5.74) is 2.20. The molecule has 1 aromatic heterocycles. The molecule has 1 atom stereocenters. The van der Waals surface area contributed by atoms with Gasteiger partial charge >= 0.3 is 0 Å². The van der Waals surface area contributed by atoms with Gasteiger partial charge in [0.1, 0.15) is 0 Å². The molecule has 2 heterocycles. The summed E-state index contributed by atoms with van der Waals surface area (Å²) in [6, 6.07) is 0. The lowest BCUT2D eigenvalue weighted by molar-refractivity contribution is 0.137. The van der Waals surface area contributed by atoms with E-state index in [9.17, 15) is 5.11 Å². The van der Waals surface area contributed by atoms with Crippen LogP contribution in [0.2, 0.25) is 0 Å². The van der Waals surface area contributed by atoms with E-state index in [0.29, 0.717) is 12.3 Å². The highest BCUT2D eigenvalue weighted by Gasteiger charge is 2.21. The Labute approximate surface area is 128 Å². The Balaban J connectivity index is 1.94. The molecule has 0 saturated carbocycles. The monoisotopic (exact) mass is 346 g/mol. The number of hydrogen-bond acceptors (Lipinski definition) is 3. The Hall–Kier alpha value is -0.000000000000000111. The van der Waals surface area contributed by atoms with Crippen molar-refractivity contribution >= 4 is 27.7 Å². The predicted octanol–water partition coefficient (Wildman–Crippen LogP) is 3.18. The molecule has 1 fully saturated rings. The third kappa shape index (κ3) is 3.99. The third-order valence-electron chi connectivity index (χ3n) is 3.88. The summed E-state index contributed by atoms with van der Waals surface area (Å²) >= 11 is 5.66. The lowest BCUT2D eigenvalue weighted by Crippen LogP contribution is -2.20. The van der Waals surface area contributed by atoms with Crippen molar-refractivity contribution in [3.63, 3.8) is 0 Å². The van der Waals surface area contributed by atoms with Crippen molar-refractivity contribution in [1.82, 2.24) is 9.78 Å². The van der Waals surface area contributed by atoms with Crippen LogP contribution in [0.15, 0.2) is 4.47 Å². The number of aliphatic hydroxyl groups is 1. The van der Waals surface area contributed by atoms with E-state index >= 15 is 0 Å². The van der Waals surface area contributed by atoms with Crippen LogP contribution in [0.25, 0.3) is 0 Å². The summed E-state index contributed by atoms with van der Waals surface area (Å²) in [6.45, 7) is 2.10. The van der Waals surface area contributed by atoms with Gasteiger partial charge in [-0.3, -0.25) is 4.68 Å². The van der Waals surface area contributed by atoms with E-state index in [4.69, 9.17) is 0 Å². The molecule has 1 saturated heterocycles. The summed E-state index contributed by atoms with van der Waals surface area (Å²) < 4.78 is 2.99. The average molecular weight is 347 g/mol. The predicted molar refractivity (Wildman–Crippen MR) is 84.7 cm³/mol. The van der Waals surface area contributed by atoms with Gasteiger partial charge in [-0.25, -0.2) is 0 Å². The molecule has 1 aromatic rings. The van der Waals surface area contributed by atoms with Crippen molar-refractivity contribution < 1.29 is 5.11 Å². The number of hydrogen-bond donors (Lipinski definition) is 1. The molecular formula is C14H23BrN2OS. The van der Waals surface area contributed by atoms with E-state index in [1.165, 1.54) is 24.3 Å². The van der Waals surface area contributed by atoms with Crippen LogP contribution in [0.5, 0.6) is 0 Å². The lowest BCUT2D eigenvalue weighted by atomic mass is 9.94. The zero-order chi connectivity index (χ0) is 13.8. The van der Waals surface area contributed by atoms with Gasteiger partial charge in [0.2, 0.25) is 0 Å². The van der Waals surface area contributed by atoms with Crippen molar-refractivity contribution in [1.29, 1.82) is 0 Å². The summed E-state index contributed by atoms with van der Waals surface area (Å²) in [6.07, 6.45) is 4.82. The molecule has 108 valence electrons. The average Bonchev–Trinajstić information content (AvgIpc) is 2.67. The van der Waals surface area contributed by atoms with Gasteiger partial charge in [0.15, 0.2) is 0 Å². The first-order chi connectivity index (χ1) is 9.11. The highest BCUT2D eigenvalue weighted by Crippen LogP contribution is 2.28. The number of nitrogens with zero attached hydrogens (tertiary/aromatic N) is 2. The van der Waals surface area contributed by atoms with Gasteiger partial charge in [-0.05, 0) is 59.0 Å². The van der Waals surface area contributed by atoms with Crippen LogP contribution in [-0.4, -0.2) is 32.5 Å². The molecule has 19 heavy (non-hydrogen) atoms. The summed E-state index contributed by atoms with van der Waals surface area (Å²) in [5.74, 6) is 3.22. The highest BCUT2D eigenvalue weighted by atomic mass is 79.9. The number of aromatic nitrogens is 2. The Morgan fingerprint density at radius 2 is 2.16 bits per heavy atom. The highest BCUT2D eigenvalue weighted by molar-refractivity contribution is 9.10. The first-order valence-electron chi connectivity index (χ1n) is 7.07. The van der Waals surface area contributed by atoms with Gasteiger partial charge < -0.3 is 5.11 Å². The minimum atomic E-state index is -0.246. The van der Waals surface area contributed by atoms with Crippen LogP contribution in [-0.2, 0) is 19.9 Å². The molecule has 0 spiro atoms. The van der Waals surface area contributed by atoms with Crippen molar-refractivity contribution in [2.45, 2.75) is 45.1 Å². The van der Waals surface area contributed by atoms with Gasteiger partial charge in [-0.2, -0.15) is 16.9 Å². The van der Waals surface area contributed by atoms with Crippen molar-refractivity contribution in [3.8, 4) is 0 Å². The standard InChI is InChI=1S/C14H23BrN2OS/c1-3-12-14(15)13(17(2)16-12)9-11(18)8-10-4-6-19-7-5-10/h10-11,18H,3-9H2,1-2H3. The second-order valence-corrected chi connectivity index (χ2v) is 7.35. The Morgan fingerprint density at radius 3 is 2.74 bits per heavy atom. The first-order valence-corrected chi connectivity index (χ1v) is 9.02. The van der Waals surface area contributed by atoms with Gasteiger partial charge in [0, 0.05) is 13.5 Å². The molecule has 0 aromatic carbocycles. The second kappa shape index (κ2) is 7.14. The molecule has 1 aliphatic heterocycles. The van der Waals surface area contributed by atoms with Gasteiger partial charge in [-0.15, -0.1) is 0 Å². The van der Waals surface area contributed by atoms with E-state index in [1.807, 2.05) is 23.5 Å². The largest absolute Gasteiger partial charge is 0.393 e. The number of halogens is 1. The third-order valence-corrected chi connectivity index (χ3v) is 5.84. The molecule has 0 amide bonds. The SMILES string of the molecule is CCc1nn(C)c(CC(O)CC2CCSCC2)c1Br.